The molecule has 0 spiro atoms. The maximum Gasteiger partial charge on any atom is 0.147 e. The zero-order valence-electron chi connectivity index (χ0n) is 10.2. The second-order valence-electron chi connectivity index (χ2n) is 4.76. The van der Waals surface area contributed by atoms with E-state index < -0.39 is 5.41 Å². The van der Waals surface area contributed by atoms with Crippen LogP contribution in [0.5, 0.6) is 0 Å². The van der Waals surface area contributed by atoms with Gasteiger partial charge in [0.1, 0.15) is 17.3 Å². The molecule has 0 saturated heterocycles. The van der Waals surface area contributed by atoms with Crippen LogP contribution in [0.25, 0.3) is 0 Å². The van der Waals surface area contributed by atoms with Gasteiger partial charge in [0.05, 0.1) is 5.41 Å². The molecule has 0 radical (unpaired) electrons. The fraction of sp³-hybridized carbons (Fsp3) is 0.769. The molecule has 0 aromatic carbocycles. The summed E-state index contributed by atoms with van der Waals surface area (Å²) < 4.78 is 0. The minimum atomic E-state index is -0.943. The summed E-state index contributed by atoms with van der Waals surface area (Å²) in [5.41, 5.74) is -0.943. The van der Waals surface area contributed by atoms with Gasteiger partial charge in [-0.1, -0.05) is 26.2 Å². The SMILES string of the molecule is CCCCCC1(CC(C)=O)C(=O)CCC1=O. The third-order valence-electron chi connectivity index (χ3n) is 3.40. The van der Waals surface area contributed by atoms with E-state index in [2.05, 4.69) is 6.92 Å². The Hall–Kier alpha value is -0.990. The van der Waals surface area contributed by atoms with Gasteiger partial charge in [-0.2, -0.15) is 0 Å². The van der Waals surface area contributed by atoms with Gasteiger partial charge in [-0.15, -0.1) is 0 Å². The highest BCUT2D eigenvalue weighted by molar-refractivity contribution is 6.14. The molecule has 0 atom stereocenters. The molecule has 16 heavy (non-hydrogen) atoms. The molecule has 3 nitrogen and oxygen atoms in total. The van der Waals surface area contributed by atoms with E-state index in [-0.39, 0.29) is 23.8 Å². The average molecular weight is 224 g/mol. The number of hydrogen-bond donors (Lipinski definition) is 0. The van der Waals surface area contributed by atoms with Gasteiger partial charge < -0.3 is 0 Å². The van der Waals surface area contributed by atoms with Crippen molar-refractivity contribution >= 4 is 17.3 Å². The molecule has 1 aliphatic rings. The molecular formula is C13H20O3. The summed E-state index contributed by atoms with van der Waals surface area (Å²) in [6.07, 6.45) is 4.28. The lowest BCUT2D eigenvalue weighted by atomic mass is 9.75. The minimum absolute atomic E-state index is 0.0104. The third kappa shape index (κ3) is 2.57. The lowest BCUT2D eigenvalue weighted by Gasteiger charge is -2.24. The molecule has 0 aromatic heterocycles. The van der Waals surface area contributed by atoms with Gasteiger partial charge in [0, 0.05) is 19.3 Å². The molecule has 0 aliphatic heterocycles. The molecule has 1 aliphatic carbocycles. The highest BCUT2D eigenvalue weighted by atomic mass is 16.2. The predicted octanol–water partition coefficient (Wildman–Crippen LogP) is 2.46. The first kappa shape index (κ1) is 13.1. The van der Waals surface area contributed by atoms with E-state index in [1.807, 2.05) is 0 Å². The van der Waals surface area contributed by atoms with Gasteiger partial charge in [-0.3, -0.25) is 14.4 Å². The normalized spacial score (nSPS) is 19.1. The standard InChI is InChI=1S/C13H20O3/c1-3-4-5-8-13(9-10(2)14)11(15)6-7-12(13)16/h3-9H2,1-2H3. The Morgan fingerprint density at radius 2 is 1.75 bits per heavy atom. The number of carbonyl (C=O) groups excluding carboxylic acids is 3. The minimum Gasteiger partial charge on any atom is -0.300 e. The lowest BCUT2D eigenvalue weighted by Crippen LogP contribution is -2.35. The average Bonchev–Trinajstić information content (AvgIpc) is 2.47. The monoisotopic (exact) mass is 224 g/mol. The molecule has 90 valence electrons. The smallest absolute Gasteiger partial charge is 0.147 e. The predicted molar refractivity (Wildman–Crippen MR) is 61.1 cm³/mol. The van der Waals surface area contributed by atoms with Crippen molar-refractivity contribution < 1.29 is 14.4 Å². The number of ketones is 3. The van der Waals surface area contributed by atoms with Gasteiger partial charge in [-0.25, -0.2) is 0 Å². The maximum atomic E-state index is 11.9. The summed E-state index contributed by atoms with van der Waals surface area (Å²) in [5.74, 6) is -0.0762. The highest BCUT2D eigenvalue weighted by Crippen LogP contribution is 2.39. The van der Waals surface area contributed by atoms with Gasteiger partial charge >= 0.3 is 0 Å². The van der Waals surface area contributed by atoms with Crippen LogP contribution in [-0.4, -0.2) is 17.3 Å². The Kier molecular flexibility index (Phi) is 4.39. The van der Waals surface area contributed by atoms with E-state index in [0.717, 1.165) is 19.3 Å². The van der Waals surface area contributed by atoms with Crippen LogP contribution in [0.2, 0.25) is 0 Å². The summed E-state index contributed by atoms with van der Waals surface area (Å²) in [6, 6.07) is 0. The molecule has 0 N–H and O–H groups in total. The second-order valence-corrected chi connectivity index (χ2v) is 4.76. The molecular weight excluding hydrogens is 204 g/mol. The van der Waals surface area contributed by atoms with Crippen molar-refractivity contribution in [1.82, 2.24) is 0 Å². The van der Waals surface area contributed by atoms with Crippen molar-refractivity contribution in [3.63, 3.8) is 0 Å². The number of carbonyl (C=O) groups is 3. The van der Waals surface area contributed by atoms with E-state index in [1.54, 1.807) is 0 Å². The van der Waals surface area contributed by atoms with Gasteiger partial charge in [0.15, 0.2) is 0 Å². The molecule has 0 bridgehead atoms. The van der Waals surface area contributed by atoms with Crippen LogP contribution in [0.4, 0.5) is 0 Å². The van der Waals surface area contributed by atoms with Crippen LogP contribution in [-0.2, 0) is 14.4 Å². The van der Waals surface area contributed by atoms with Crippen molar-refractivity contribution in [2.75, 3.05) is 0 Å². The number of rotatable bonds is 6. The molecule has 1 rings (SSSR count). The Balaban J connectivity index is 2.79. The molecule has 1 saturated carbocycles. The number of hydrogen-bond acceptors (Lipinski definition) is 3. The molecule has 0 aromatic rings. The van der Waals surface area contributed by atoms with Crippen molar-refractivity contribution in [3.8, 4) is 0 Å². The van der Waals surface area contributed by atoms with Crippen LogP contribution in [0.15, 0.2) is 0 Å². The van der Waals surface area contributed by atoms with E-state index in [1.165, 1.54) is 6.92 Å². The van der Waals surface area contributed by atoms with E-state index in [0.29, 0.717) is 19.3 Å². The van der Waals surface area contributed by atoms with E-state index in [9.17, 15) is 14.4 Å². The number of unbranched alkanes of at least 4 members (excludes halogenated alkanes) is 2. The molecule has 3 heteroatoms. The van der Waals surface area contributed by atoms with Crippen molar-refractivity contribution in [2.24, 2.45) is 5.41 Å². The number of Topliss-reactive ketones (excluding diaryl/α,β-unsaturated/α-hetero) is 3. The van der Waals surface area contributed by atoms with Crippen molar-refractivity contribution in [2.45, 2.75) is 58.8 Å². The van der Waals surface area contributed by atoms with Gasteiger partial charge in [0.2, 0.25) is 0 Å². The summed E-state index contributed by atoms with van der Waals surface area (Å²) in [5, 5.41) is 0. The Morgan fingerprint density at radius 3 is 2.19 bits per heavy atom. The van der Waals surface area contributed by atoms with E-state index in [4.69, 9.17) is 0 Å². The summed E-state index contributed by atoms with van der Waals surface area (Å²) in [6.45, 7) is 3.54. The lowest BCUT2D eigenvalue weighted by molar-refractivity contribution is -0.139. The fourth-order valence-electron chi connectivity index (χ4n) is 2.53. The van der Waals surface area contributed by atoms with Crippen LogP contribution in [0.1, 0.15) is 58.8 Å². The summed E-state index contributed by atoms with van der Waals surface area (Å²) in [7, 11) is 0. The van der Waals surface area contributed by atoms with Crippen LogP contribution < -0.4 is 0 Å². The Labute approximate surface area is 96.6 Å². The van der Waals surface area contributed by atoms with Crippen LogP contribution in [0, 0.1) is 5.41 Å². The van der Waals surface area contributed by atoms with Crippen molar-refractivity contribution in [1.29, 1.82) is 0 Å². The van der Waals surface area contributed by atoms with Gasteiger partial charge in [0.25, 0.3) is 0 Å². The Bertz CT molecular complexity index is 288. The van der Waals surface area contributed by atoms with Crippen LogP contribution in [0.3, 0.4) is 0 Å². The molecule has 0 unspecified atom stereocenters. The second kappa shape index (κ2) is 5.37. The maximum absolute atomic E-state index is 11.9. The molecule has 0 amide bonds. The largest absolute Gasteiger partial charge is 0.300 e. The first-order valence-corrected chi connectivity index (χ1v) is 6.09. The first-order chi connectivity index (χ1) is 7.53. The zero-order valence-corrected chi connectivity index (χ0v) is 10.2. The first-order valence-electron chi connectivity index (χ1n) is 6.09. The fourth-order valence-corrected chi connectivity index (χ4v) is 2.53. The third-order valence-corrected chi connectivity index (χ3v) is 3.40. The van der Waals surface area contributed by atoms with Crippen molar-refractivity contribution in [3.05, 3.63) is 0 Å². The topological polar surface area (TPSA) is 51.2 Å². The summed E-state index contributed by atoms with van der Waals surface area (Å²) >= 11 is 0. The summed E-state index contributed by atoms with van der Waals surface area (Å²) in [4.78, 5) is 35.0. The molecule has 1 fully saturated rings. The van der Waals surface area contributed by atoms with E-state index >= 15 is 0 Å². The van der Waals surface area contributed by atoms with Gasteiger partial charge in [-0.05, 0) is 13.3 Å². The zero-order chi connectivity index (χ0) is 12.2. The van der Waals surface area contributed by atoms with Crippen LogP contribution >= 0.6 is 0 Å². The quantitative estimate of drug-likeness (QED) is 0.514. The molecule has 0 heterocycles. The highest BCUT2D eigenvalue weighted by Gasteiger charge is 2.49. The Morgan fingerprint density at radius 1 is 1.19 bits per heavy atom.